The summed E-state index contributed by atoms with van der Waals surface area (Å²) >= 11 is 0. The zero-order valence-corrected chi connectivity index (χ0v) is 18.6. The molecule has 0 aromatic carbocycles. The fourth-order valence-electron chi connectivity index (χ4n) is 4.71. The minimum Gasteiger partial charge on any atom is -0.356 e. The van der Waals surface area contributed by atoms with E-state index in [4.69, 9.17) is 0 Å². The fourth-order valence-corrected chi connectivity index (χ4v) is 4.71. The Morgan fingerprint density at radius 2 is 1.91 bits per heavy atom. The lowest BCUT2D eigenvalue weighted by Crippen LogP contribution is -2.39. The summed E-state index contributed by atoms with van der Waals surface area (Å²) < 4.78 is 27.0. The Hall–Kier alpha value is -3.43. The lowest BCUT2D eigenvalue weighted by Gasteiger charge is -2.32. The Morgan fingerprint density at radius 3 is 2.56 bits per heavy atom. The molecule has 1 aliphatic heterocycles. The van der Waals surface area contributed by atoms with Crippen molar-refractivity contribution in [2.45, 2.75) is 50.9 Å². The monoisotopic (exact) mass is 469 g/mol. The Bertz CT molecular complexity index is 1170. The number of amides is 1. The number of aromatic nitrogens is 2. The maximum atomic E-state index is 13.5. The number of piperidine rings is 1. The number of carbonyl (C=O) groups excluding carboxylic acids is 1. The van der Waals surface area contributed by atoms with Crippen LogP contribution in [-0.2, 0) is 0 Å². The van der Waals surface area contributed by atoms with Crippen LogP contribution >= 0.6 is 0 Å². The fraction of sp³-hybridized carbons (Fsp3) is 0.458. The third-order valence-corrected chi connectivity index (χ3v) is 7.10. The van der Waals surface area contributed by atoms with Crippen LogP contribution < -0.4 is 10.2 Å². The molecule has 2 aromatic rings. The van der Waals surface area contributed by atoms with Gasteiger partial charge in [-0.15, -0.1) is 0 Å². The largest absolute Gasteiger partial charge is 0.356 e. The molecule has 3 heterocycles. The molecule has 0 unspecified atom stereocenters. The summed E-state index contributed by atoms with van der Waals surface area (Å²) in [5.74, 6) is -2.41. The Labute approximate surface area is 195 Å². The number of hydrogen-bond donors (Lipinski definition) is 1. The van der Waals surface area contributed by atoms with E-state index in [9.17, 15) is 23.7 Å². The molecule has 5 rings (SSSR count). The number of allylic oxidation sites excluding steroid dienone is 2. The molecule has 34 heavy (non-hydrogen) atoms. The van der Waals surface area contributed by atoms with Gasteiger partial charge in [-0.3, -0.25) is 14.9 Å². The van der Waals surface area contributed by atoms with E-state index in [1.807, 2.05) is 0 Å². The first-order valence-electron chi connectivity index (χ1n) is 11.5. The van der Waals surface area contributed by atoms with Gasteiger partial charge in [0, 0.05) is 37.6 Å². The summed E-state index contributed by atoms with van der Waals surface area (Å²) in [5, 5.41) is 14.1. The van der Waals surface area contributed by atoms with Gasteiger partial charge in [0.05, 0.1) is 4.92 Å². The molecule has 0 atom stereocenters. The molecule has 2 fully saturated rings. The molecule has 1 spiro atoms. The Balaban J connectivity index is 1.38. The van der Waals surface area contributed by atoms with Gasteiger partial charge in [0.15, 0.2) is 0 Å². The van der Waals surface area contributed by atoms with E-state index in [-0.39, 0.29) is 43.1 Å². The van der Waals surface area contributed by atoms with Crippen molar-refractivity contribution >= 4 is 28.8 Å². The molecule has 178 valence electrons. The van der Waals surface area contributed by atoms with Crippen molar-refractivity contribution in [3.8, 4) is 0 Å². The van der Waals surface area contributed by atoms with Gasteiger partial charge in [-0.25, -0.2) is 18.7 Å². The van der Waals surface area contributed by atoms with Crippen LogP contribution in [0.15, 0.2) is 36.5 Å². The van der Waals surface area contributed by atoms with Gasteiger partial charge >= 0.3 is 0 Å². The molecule has 8 nitrogen and oxygen atoms in total. The van der Waals surface area contributed by atoms with Crippen LogP contribution in [0.3, 0.4) is 0 Å². The van der Waals surface area contributed by atoms with E-state index in [0.29, 0.717) is 16.8 Å². The number of carbonyl (C=O) groups is 1. The number of rotatable bonds is 5. The van der Waals surface area contributed by atoms with Gasteiger partial charge in [-0.05, 0) is 55.2 Å². The van der Waals surface area contributed by atoms with Crippen molar-refractivity contribution in [1.29, 1.82) is 0 Å². The molecule has 3 aliphatic rings. The van der Waals surface area contributed by atoms with E-state index in [0.717, 1.165) is 31.0 Å². The highest BCUT2D eigenvalue weighted by molar-refractivity contribution is 6.05. The van der Waals surface area contributed by atoms with Crippen LogP contribution in [0.5, 0.6) is 0 Å². The number of nitro groups is 1. The molecule has 2 aromatic heterocycles. The first-order valence-corrected chi connectivity index (χ1v) is 11.5. The van der Waals surface area contributed by atoms with Crippen molar-refractivity contribution in [2.75, 3.05) is 23.3 Å². The number of nitrogens with zero attached hydrogens (tertiary/aromatic N) is 4. The number of halogens is 2. The predicted molar refractivity (Wildman–Crippen MR) is 123 cm³/mol. The summed E-state index contributed by atoms with van der Waals surface area (Å²) in [6.45, 7) is 0.363. The zero-order chi connectivity index (χ0) is 23.9. The number of pyridine rings is 2. The van der Waals surface area contributed by atoms with Gasteiger partial charge < -0.3 is 10.2 Å². The van der Waals surface area contributed by atoms with Crippen molar-refractivity contribution < 1.29 is 18.5 Å². The van der Waals surface area contributed by atoms with Gasteiger partial charge in [0.1, 0.15) is 23.5 Å². The van der Waals surface area contributed by atoms with E-state index in [1.165, 1.54) is 18.9 Å². The first-order chi connectivity index (χ1) is 16.2. The standard InChI is InChI=1S/C24H25F2N5O3/c25-24(26)10-12-30(13-11-24)20-3-1-2-19(28-20)29-22(32)21-18(14-17(15-27-21)31(33)34)16-4-6-23(7-5-16)8-9-23/h1-4,14-15H,5-13H2,(H,28,29,32). The summed E-state index contributed by atoms with van der Waals surface area (Å²) in [6.07, 6.45) is 7.75. The molecule has 10 heteroatoms. The average molecular weight is 469 g/mol. The second-order valence-corrected chi connectivity index (χ2v) is 9.46. The summed E-state index contributed by atoms with van der Waals surface area (Å²) in [7, 11) is 0. The number of hydrogen-bond acceptors (Lipinski definition) is 6. The molecular formula is C24H25F2N5O3. The maximum Gasteiger partial charge on any atom is 0.288 e. The number of anilines is 2. The second-order valence-electron chi connectivity index (χ2n) is 9.46. The molecule has 0 bridgehead atoms. The van der Waals surface area contributed by atoms with Crippen LogP contribution in [-0.4, -0.2) is 39.8 Å². The van der Waals surface area contributed by atoms with Gasteiger partial charge in [0.25, 0.3) is 17.5 Å². The molecule has 1 N–H and O–H groups in total. The lowest BCUT2D eigenvalue weighted by molar-refractivity contribution is -0.385. The molecule has 1 saturated heterocycles. The van der Waals surface area contributed by atoms with Crippen LogP contribution in [0.25, 0.3) is 5.57 Å². The molecule has 1 saturated carbocycles. The van der Waals surface area contributed by atoms with Crippen LogP contribution in [0.4, 0.5) is 26.1 Å². The van der Waals surface area contributed by atoms with E-state index in [2.05, 4.69) is 21.4 Å². The van der Waals surface area contributed by atoms with Crippen LogP contribution in [0, 0.1) is 15.5 Å². The summed E-state index contributed by atoms with van der Waals surface area (Å²) in [6, 6.07) is 6.45. The topological polar surface area (TPSA) is 101 Å². The van der Waals surface area contributed by atoms with Crippen molar-refractivity contribution in [2.24, 2.45) is 5.41 Å². The number of alkyl halides is 2. The van der Waals surface area contributed by atoms with E-state index < -0.39 is 16.8 Å². The van der Waals surface area contributed by atoms with Gasteiger partial charge in [-0.2, -0.15) is 0 Å². The zero-order valence-electron chi connectivity index (χ0n) is 18.6. The maximum absolute atomic E-state index is 13.5. The van der Waals surface area contributed by atoms with E-state index >= 15 is 0 Å². The second kappa shape index (κ2) is 8.41. The molecule has 1 amide bonds. The molecule has 0 radical (unpaired) electrons. The summed E-state index contributed by atoms with van der Waals surface area (Å²) in [4.78, 5) is 34.3. The normalized spacial score (nSPS) is 20.5. The van der Waals surface area contributed by atoms with Crippen molar-refractivity contribution in [3.05, 3.63) is 57.9 Å². The SMILES string of the molecule is O=C(Nc1cccc(N2CCC(F)(F)CC2)n1)c1ncc([N+](=O)[O-])cc1C1=CCC2(CC1)CC2. The number of nitrogens with one attached hydrogen (secondary N) is 1. The Kier molecular flexibility index (Phi) is 5.53. The predicted octanol–water partition coefficient (Wildman–Crippen LogP) is 5.22. The highest BCUT2D eigenvalue weighted by Gasteiger charge is 2.43. The third kappa shape index (κ3) is 4.62. The van der Waals surface area contributed by atoms with Crippen LogP contribution in [0.1, 0.15) is 61.0 Å². The molecular weight excluding hydrogens is 444 g/mol. The highest BCUT2D eigenvalue weighted by atomic mass is 19.3. The van der Waals surface area contributed by atoms with E-state index in [1.54, 1.807) is 23.1 Å². The van der Waals surface area contributed by atoms with Gasteiger partial charge in [-0.1, -0.05) is 12.1 Å². The minimum absolute atomic E-state index is 0.105. The van der Waals surface area contributed by atoms with Gasteiger partial charge in [0.2, 0.25) is 0 Å². The van der Waals surface area contributed by atoms with Crippen LogP contribution in [0.2, 0.25) is 0 Å². The third-order valence-electron chi connectivity index (χ3n) is 7.10. The summed E-state index contributed by atoms with van der Waals surface area (Å²) in [5.41, 5.74) is 1.68. The Morgan fingerprint density at radius 1 is 1.15 bits per heavy atom. The molecule has 2 aliphatic carbocycles. The smallest absolute Gasteiger partial charge is 0.288 e. The quantitative estimate of drug-likeness (QED) is 0.476. The van der Waals surface area contributed by atoms with Crippen molar-refractivity contribution in [1.82, 2.24) is 9.97 Å². The average Bonchev–Trinajstić information content (AvgIpc) is 3.58. The first kappa shape index (κ1) is 22.4. The minimum atomic E-state index is -2.66. The van der Waals surface area contributed by atoms with Crippen molar-refractivity contribution in [3.63, 3.8) is 0 Å². The lowest BCUT2D eigenvalue weighted by atomic mass is 9.84. The highest BCUT2D eigenvalue weighted by Crippen LogP contribution is 2.56.